The highest BCUT2D eigenvalue weighted by atomic mass is 32.1. The molecule has 22 heavy (non-hydrogen) atoms. The minimum absolute atomic E-state index is 0.0227. The van der Waals surface area contributed by atoms with Crippen LogP contribution in [0.4, 0.5) is 5.00 Å². The van der Waals surface area contributed by atoms with Gasteiger partial charge in [-0.25, -0.2) is 5.43 Å². The topological polar surface area (TPSA) is 93.8 Å². The molecule has 0 radical (unpaired) electrons. The molecule has 1 amide bonds. The van der Waals surface area contributed by atoms with Crippen molar-refractivity contribution in [1.29, 1.82) is 0 Å². The first-order valence-corrected chi connectivity index (χ1v) is 7.23. The second-order valence-corrected chi connectivity index (χ2v) is 5.16. The molecular formula is C14H13N3O4S. The number of carbonyl (C=O) groups excluding carboxylic acids is 1. The lowest BCUT2D eigenvalue weighted by Crippen LogP contribution is -2.18. The molecular weight excluding hydrogens is 306 g/mol. The first-order chi connectivity index (χ1) is 10.6. The summed E-state index contributed by atoms with van der Waals surface area (Å²) >= 11 is 0.975. The van der Waals surface area contributed by atoms with Crippen molar-refractivity contribution in [3.63, 3.8) is 0 Å². The summed E-state index contributed by atoms with van der Waals surface area (Å²) in [7, 11) is 0. The van der Waals surface area contributed by atoms with E-state index < -0.39 is 10.8 Å². The van der Waals surface area contributed by atoms with E-state index in [2.05, 4.69) is 10.5 Å². The summed E-state index contributed by atoms with van der Waals surface area (Å²) in [5.41, 5.74) is 2.75. The number of carbonyl (C=O) groups is 1. The first-order valence-electron chi connectivity index (χ1n) is 6.41. The van der Waals surface area contributed by atoms with Gasteiger partial charge in [0.2, 0.25) is 0 Å². The Kier molecular flexibility index (Phi) is 5.21. The Labute approximate surface area is 130 Å². The number of hydrogen-bond acceptors (Lipinski definition) is 6. The Morgan fingerprint density at radius 3 is 2.86 bits per heavy atom. The van der Waals surface area contributed by atoms with Crippen LogP contribution in [0.15, 0.2) is 41.5 Å². The van der Waals surface area contributed by atoms with Crippen LogP contribution in [0.3, 0.4) is 0 Å². The van der Waals surface area contributed by atoms with E-state index in [1.165, 1.54) is 12.3 Å². The van der Waals surface area contributed by atoms with Gasteiger partial charge in [-0.15, -0.1) is 0 Å². The molecule has 0 saturated carbocycles. The molecule has 0 aliphatic rings. The summed E-state index contributed by atoms with van der Waals surface area (Å²) in [5.74, 6) is 0.0656. The summed E-state index contributed by atoms with van der Waals surface area (Å²) in [6, 6.07) is 9.78. The fraction of sp³-hybridized carbons (Fsp3) is 0.143. The predicted octanol–water partition coefficient (Wildman–Crippen LogP) is 2.82. The third-order valence-corrected chi connectivity index (χ3v) is 3.55. The van der Waals surface area contributed by atoms with Crippen LogP contribution < -0.4 is 10.2 Å². The third-order valence-electron chi connectivity index (χ3n) is 2.58. The molecule has 2 rings (SSSR count). The van der Waals surface area contributed by atoms with E-state index in [0.29, 0.717) is 22.8 Å². The normalized spacial score (nSPS) is 10.6. The highest BCUT2D eigenvalue weighted by molar-refractivity contribution is 7.16. The highest BCUT2D eigenvalue weighted by Gasteiger charge is 2.11. The van der Waals surface area contributed by atoms with Crippen LogP contribution in [0.5, 0.6) is 5.75 Å². The molecule has 114 valence electrons. The van der Waals surface area contributed by atoms with Crippen molar-refractivity contribution in [3.05, 3.63) is 57.0 Å². The number of benzene rings is 1. The van der Waals surface area contributed by atoms with Gasteiger partial charge in [0.15, 0.2) is 0 Å². The summed E-state index contributed by atoms with van der Waals surface area (Å²) in [6.45, 7) is 2.28. The van der Waals surface area contributed by atoms with Crippen LogP contribution in [0.2, 0.25) is 0 Å². The average molecular weight is 319 g/mol. The van der Waals surface area contributed by atoms with Gasteiger partial charge in [0.05, 0.1) is 28.2 Å². The molecule has 8 heteroatoms. The van der Waals surface area contributed by atoms with E-state index in [4.69, 9.17) is 4.74 Å². The zero-order chi connectivity index (χ0) is 15.9. The van der Waals surface area contributed by atoms with E-state index in [0.717, 1.165) is 11.3 Å². The van der Waals surface area contributed by atoms with Crippen LogP contribution in [-0.2, 0) is 0 Å². The molecule has 1 heterocycles. The maximum atomic E-state index is 12.0. The number of nitrogens with zero attached hydrogens (tertiary/aromatic N) is 2. The largest absolute Gasteiger partial charge is 0.493 e. The minimum atomic E-state index is -0.473. The standard InChI is InChI=1S/C14H13N3O4S/c1-2-21-12-6-4-3-5-11(12)14(18)16-15-9-10-7-8-13(22-10)17(19)20/h3-9H,2H2,1H3,(H,16,18)/b15-9-. The van der Waals surface area contributed by atoms with Crippen molar-refractivity contribution in [1.82, 2.24) is 5.43 Å². The Morgan fingerprint density at radius 2 is 2.18 bits per heavy atom. The lowest BCUT2D eigenvalue weighted by molar-refractivity contribution is -0.380. The molecule has 0 spiro atoms. The molecule has 0 atom stereocenters. The molecule has 0 unspecified atom stereocenters. The van der Waals surface area contributed by atoms with Crippen molar-refractivity contribution in [2.45, 2.75) is 6.92 Å². The van der Waals surface area contributed by atoms with Gasteiger partial charge in [0, 0.05) is 6.07 Å². The SMILES string of the molecule is CCOc1ccccc1C(=O)N/N=C\c1ccc([N+](=O)[O-])s1. The predicted molar refractivity (Wildman–Crippen MR) is 83.6 cm³/mol. The Balaban J connectivity index is 2.03. The van der Waals surface area contributed by atoms with E-state index in [1.54, 1.807) is 30.3 Å². The highest BCUT2D eigenvalue weighted by Crippen LogP contribution is 2.22. The molecule has 0 aliphatic heterocycles. The van der Waals surface area contributed by atoms with E-state index in [9.17, 15) is 14.9 Å². The number of hydrogen-bond donors (Lipinski definition) is 1. The van der Waals surface area contributed by atoms with E-state index in [1.807, 2.05) is 6.92 Å². The summed E-state index contributed by atoms with van der Waals surface area (Å²) < 4.78 is 5.37. The fourth-order valence-electron chi connectivity index (χ4n) is 1.66. The van der Waals surface area contributed by atoms with Crippen molar-refractivity contribution in [3.8, 4) is 5.75 Å². The third kappa shape index (κ3) is 3.89. The molecule has 1 aromatic heterocycles. The van der Waals surface area contributed by atoms with Gasteiger partial charge in [-0.1, -0.05) is 23.5 Å². The van der Waals surface area contributed by atoms with Gasteiger partial charge in [-0.05, 0) is 25.1 Å². The Morgan fingerprint density at radius 1 is 1.41 bits per heavy atom. The van der Waals surface area contributed by atoms with Crippen molar-refractivity contribution in [2.24, 2.45) is 5.10 Å². The van der Waals surface area contributed by atoms with Crippen LogP contribution in [-0.4, -0.2) is 23.7 Å². The smallest absolute Gasteiger partial charge is 0.324 e. The first kappa shape index (κ1) is 15.6. The number of thiophene rings is 1. The summed E-state index contributed by atoms with van der Waals surface area (Å²) in [5, 5.41) is 14.4. The van der Waals surface area contributed by atoms with Gasteiger partial charge in [-0.3, -0.25) is 14.9 Å². The number of nitro groups is 1. The summed E-state index contributed by atoms with van der Waals surface area (Å²) in [6.07, 6.45) is 1.36. The van der Waals surface area contributed by atoms with Crippen LogP contribution in [0.1, 0.15) is 22.2 Å². The van der Waals surface area contributed by atoms with Gasteiger partial charge in [-0.2, -0.15) is 5.10 Å². The number of hydrazone groups is 1. The molecule has 0 bridgehead atoms. The minimum Gasteiger partial charge on any atom is -0.493 e. The lowest BCUT2D eigenvalue weighted by Gasteiger charge is -2.07. The van der Waals surface area contributed by atoms with Gasteiger partial charge < -0.3 is 4.74 Å². The van der Waals surface area contributed by atoms with Crippen LogP contribution in [0.25, 0.3) is 0 Å². The molecule has 7 nitrogen and oxygen atoms in total. The Hall–Kier alpha value is -2.74. The monoisotopic (exact) mass is 319 g/mol. The summed E-state index contributed by atoms with van der Waals surface area (Å²) in [4.78, 5) is 22.7. The Bertz CT molecular complexity index is 712. The fourth-order valence-corrected chi connectivity index (χ4v) is 2.35. The number of ether oxygens (including phenoxy) is 1. The van der Waals surface area contributed by atoms with E-state index in [-0.39, 0.29) is 5.00 Å². The number of nitrogens with one attached hydrogen (secondary N) is 1. The van der Waals surface area contributed by atoms with Crippen molar-refractivity contribution < 1.29 is 14.5 Å². The molecule has 0 saturated heterocycles. The second-order valence-electron chi connectivity index (χ2n) is 4.06. The zero-order valence-corrected chi connectivity index (χ0v) is 12.5. The van der Waals surface area contributed by atoms with Crippen LogP contribution >= 0.6 is 11.3 Å². The zero-order valence-electron chi connectivity index (χ0n) is 11.7. The van der Waals surface area contributed by atoms with Crippen molar-refractivity contribution >= 4 is 28.5 Å². The second kappa shape index (κ2) is 7.32. The maximum Gasteiger partial charge on any atom is 0.324 e. The number of amides is 1. The number of rotatable bonds is 6. The maximum absolute atomic E-state index is 12.0. The molecule has 0 fully saturated rings. The quantitative estimate of drug-likeness (QED) is 0.503. The molecule has 1 aromatic carbocycles. The van der Waals surface area contributed by atoms with Crippen molar-refractivity contribution in [2.75, 3.05) is 6.61 Å². The molecule has 0 aliphatic carbocycles. The van der Waals surface area contributed by atoms with E-state index >= 15 is 0 Å². The lowest BCUT2D eigenvalue weighted by atomic mass is 10.2. The average Bonchev–Trinajstić information content (AvgIpc) is 2.97. The number of para-hydroxylation sites is 1. The van der Waals surface area contributed by atoms with Gasteiger partial charge in [0.25, 0.3) is 5.91 Å². The van der Waals surface area contributed by atoms with Gasteiger partial charge >= 0.3 is 5.00 Å². The van der Waals surface area contributed by atoms with Crippen LogP contribution in [0, 0.1) is 10.1 Å². The van der Waals surface area contributed by atoms with Gasteiger partial charge in [0.1, 0.15) is 5.75 Å². The molecule has 1 N–H and O–H groups in total. The molecule has 2 aromatic rings.